The lowest BCUT2D eigenvalue weighted by Crippen LogP contribution is -2.50. The van der Waals surface area contributed by atoms with Crippen molar-refractivity contribution in [3.05, 3.63) is 64.1 Å². The highest BCUT2D eigenvalue weighted by Crippen LogP contribution is 2.25. The van der Waals surface area contributed by atoms with Gasteiger partial charge in [-0.3, -0.25) is 13.9 Å². The number of carbonyl (C=O) groups excluding carboxylic acids is 2. The second kappa shape index (κ2) is 13.9. The molecule has 0 aliphatic heterocycles. The number of hydrogen-bond acceptors (Lipinski definition) is 4. The number of benzene rings is 2. The molecule has 2 aromatic carbocycles. The molecule has 10 heteroatoms. The number of hydrogen-bond donors (Lipinski definition) is 1. The summed E-state index contributed by atoms with van der Waals surface area (Å²) in [5.41, 5.74) is 1.21. The van der Waals surface area contributed by atoms with Crippen LogP contribution in [-0.2, 0) is 26.2 Å². The van der Waals surface area contributed by atoms with Gasteiger partial charge >= 0.3 is 0 Å². The molecule has 0 aliphatic carbocycles. The molecule has 36 heavy (non-hydrogen) atoms. The number of nitrogens with zero attached hydrogens (tertiary/aromatic N) is 2. The first-order valence-electron chi connectivity index (χ1n) is 12.0. The maximum absolute atomic E-state index is 13.5. The molecule has 0 unspecified atom stereocenters. The van der Waals surface area contributed by atoms with Crippen LogP contribution in [-0.4, -0.2) is 50.0 Å². The number of carbonyl (C=O) groups is 2. The smallest absolute Gasteiger partial charge is 0.243 e. The first-order valence-corrected chi connectivity index (χ1v) is 14.6. The minimum Gasteiger partial charge on any atom is -0.352 e. The number of nitrogens with one attached hydrogen (secondary N) is 1. The molecule has 0 aromatic heterocycles. The molecule has 7 nitrogen and oxygen atoms in total. The molecular formula is C26H35Cl2N3O4S. The van der Waals surface area contributed by atoms with Crippen LogP contribution < -0.4 is 9.62 Å². The molecule has 2 amide bonds. The third-order valence-electron chi connectivity index (χ3n) is 5.94. The molecular weight excluding hydrogens is 521 g/mol. The number of halogens is 2. The van der Waals surface area contributed by atoms with Crippen LogP contribution in [0.2, 0.25) is 10.0 Å². The van der Waals surface area contributed by atoms with Gasteiger partial charge in [-0.25, -0.2) is 8.42 Å². The number of para-hydroxylation sites is 1. The number of anilines is 1. The summed E-state index contributed by atoms with van der Waals surface area (Å²) in [6.45, 7) is 6.01. The Bertz CT molecular complexity index is 1130. The van der Waals surface area contributed by atoms with E-state index in [9.17, 15) is 18.0 Å². The largest absolute Gasteiger partial charge is 0.352 e. The molecule has 0 spiro atoms. The van der Waals surface area contributed by atoms with E-state index in [0.29, 0.717) is 27.7 Å². The summed E-state index contributed by atoms with van der Waals surface area (Å²) in [6, 6.07) is 13.1. The van der Waals surface area contributed by atoms with E-state index >= 15 is 0 Å². The fraction of sp³-hybridized carbons (Fsp3) is 0.462. The number of rotatable bonds is 13. The molecule has 0 fully saturated rings. The van der Waals surface area contributed by atoms with Crippen molar-refractivity contribution in [3.8, 4) is 0 Å². The molecule has 0 saturated heterocycles. The maximum Gasteiger partial charge on any atom is 0.243 e. The predicted octanol–water partition coefficient (Wildman–Crippen LogP) is 5.26. The van der Waals surface area contributed by atoms with Crippen LogP contribution in [0, 0.1) is 0 Å². The summed E-state index contributed by atoms with van der Waals surface area (Å²) in [5.74, 6) is -0.485. The van der Waals surface area contributed by atoms with E-state index in [4.69, 9.17) is 23.2 Å². The second-order valence-corrected chi connectivity index (χ2v) is 11.5. The molecule has 0 bridgehead atoms. The van der Waals surface area contributed by atoms with E-state index in [1.807, 2.05) is 26.8 Å². The van der Waals surface area contributed by atoms with Gasteiger partial charge in [-0.05, 0) is 56.0 Å². The van der Waals surface area contributed by atoms with Gasteiger partial charge in [0.05, 0.1) is 11.9 Å². The van der Waals surface area contributed by atoms with Crippen molar-refractivity contribution in [2.24, 2.45) is 0 Å². The lowest BCUT2D eigenvalue weighted by atomic mass is 10.1. The van der Waals surface area contributed by atoms with Crippen molar-refractivity contribution in [2.45, 2.75) is 65.1 Å². The minimum atomic E-state index is -3.53. The fourth-order valence-corrected chi connectivity index (χ4v) is 5.23. The SMILES string of the molecule is CC[C@H](C)NC(=O)[C@H](CC)N(Cc1ccc(Cl)cc1Cl)C(=O)CCCN(c1ccccc1)S(C)(=O)=O. The van der Waals surface area contributed by atoms with Crippen LogP contribution in [0.25, 0.3) is 0 Å². The average Bonchev–Trinajstić information content (AvgIpc) is 2.82. The van der Waals surface area contributed by atoms with E-state index in [1.165, 1.54) is 9.21 Å². The van der Waals surface area contributed by atoms with E-state index < -0.39 is 16.1 Å². The monoisotopic (exact) mass is 555 g/mol. The van der Waals surface area contributed by atoms with Crippen LogP contribution in [0.15, 0.2) is 48.5 Å². The Morgan fingerprint density at radius 1 is 1.03 bits per heavy atom. The molecule has 2 atom stereocenters. The number of amides is 2. The Hall–Kier alpha value is -2.29. The van der Waals surface area contributed by atoms with Gasteiger partial charge in [0.2, 0.25) is 21.8 Å². The van der Waals surface area contributed by atoms with Crippen LogP contribution in [0.5, 0.6) is 0 Å². The Labute approximate surface area is 224 Å². The summed E-state index contributed by atoms with van der Waals surface area (Å²) in [7, 11) is -3.53. The standard InChI is InChI=1S/C26H35Cl2N3O4S/c1-5-19(3)29-26(33)24(6-2)30(18-20-14-15-21(27)17-23(20)28)25(32)13-10-16-31(36(4,34)35)22-11-8-7-9-12-22/h7-9,11-12,14-15,17,19,24H,5-6,10,13,16,18H2,1-4H3,(H,29,33)/t19-,24-/m0/s1. The Kier molecular flexibility index (Phi) is 11.5. The van der Waals surface area contributed by atoms with Gasteiger partial charge in [0.25, 0.3) is 0 Å². The van der Waals surface area contributed by atoms with Crippen LogP contribution in [0.1, 0.15) is 52.0 Å². The van der Waals surface area contributed by atoms with Crippen LogP contribution in [0.3, 0.4) is 0 Å². The van der Waals surface area contributed by atoms with Gasteiger partial charge in [0, 0.05) is 35.6 Å². The van der Waals surface area contributed by atoms with Gasteiger partial charge < -0.3 is 10.2 Å². The second-order valence-electron chi connectivity index (χ2n) is 8.77. The van der Waals surface area contributed by atoms with Gasteiger partial charge in [-0.1, -0.05) is 61.3 Å². The fourth-order valence-electron chi connectivity index (χ4n) is 3.79. The zero-order valence-corrected chi connectivity index (χ0v) is 23.5. The first-order chi connectivity index (χ1) is 17.0. The van der Waals surface area contributed by atoms with Gasteiger partial charge in [0.15, 0.2) is 0 Å². The molecule has 0 saturated carbocycles. The Morgan fingerprint density at radius 3 is 2.25 bits per heavy atom. The van der Waals surface area contributed by atoms with Crippen molar-refractivity contribution in [1.29, 1.82) is 0 Å². The van der Waals surface area contributed by atoms with Gasteiger partial charge in [-0.15, -0.1) is 0 Å². The summed E-state index contributed by atoms with van der Waals surface area (Å²) >= 11 is 12.4. The van der Waals surface area contributed by atoms with Crippen molar-refractivity contribution < 1.29 is 18.0 Å². The summed E-state index contributed by atoms with van der Waals surface area (Å²) < 4.78 is 26.0. The van der Waals surface area contributed by atoms with Crippen molar-refractivity contribution in [2.75, 3.05) is 17.1 Å². The topological polar surface area (TPSA) is 86.8 Å². The van der Waals surface area contributed by atoms with E-state index in [0.717, 1.165) is 12.7 Å². The molecule has 2 aromatic rings. The van der Waals surface area contributed by atoms with E-state index in [-0.39, 0.29) is 43.8 Å². The van der Waals surface area contributed by atoms with Crippen molar-refractivity contribution in [3.63, 3.8) is 0 Å². The zero-order valence-electron chi connectivity index (χ0n) is 21.2. The summed E-state index contributed by atoms with van der Waals surface area (Å²) in [5, 5.41) is 3.85. The molecule has 0 heterocycles. The third kappa shape index (κ3) is 8.68. The van der Waals surface area contributed by atoms with Crippen LogP contribution in [0.4, 0.5) is 5.69 Å². The predicted molar refractivity (Wildman–Crippen MR) is 147 cm³/mol. The Balaban J connectivity index is 2.25. The molecule has 0 aliphatic rings. The normalized spacial score (nSPS) is 13.1. The lowest BCUT2D eigenvalue weighted by molar-refractivity contribution is -0.141. The summed E-state index contributed by atoms with van der Waals surface area (Å²) in [4.78, 5) is 28.1. The highest BCUT2D eigenvalue weighted by Gasteiger charge is 2.30. The maximum atomic E-state index is 13.5. The summed E-state index contributed by atoms with van der Waals surface area (Å²) in [6.07, 6.45) is 2.67. The van der Waals surface area contributed by atoms with Crippen molar-refractivity contribution in [1.82, 2.24) is 10.2 Å². The lowest BCUT2D eigenvalue weighted by Gasteiger charge is -2.32. The van der Waals surface area contributed by atoms with Crippen LogP contribution >= 0.6 is 23.2 Å². The minimum absolute atomic E-state index is 0.0307. The number of sulfonamides is 1. The molecule has 198 valence electrons. The molecule has 2 rings (SSSR count). The van der Waals surface area contributed by atoms with Gasteiger partial charge in [0.1, 0.15) is 6.04 Å². The average molecular weight is 557 g/mol. The van der Waals surface area contributed by atoms with E-state index in [2.05, 4.69) is 5.32 Å². The highest BCUT2D eigenvalue weighted by molar-refractivity contribution is 7.92. The van der Waals surface area contributed by atoms with E-state index in [1.54, 1.807) is 42.5 Å². The first kappa shape index (κ1) is 29.9. The quantitative estimate of drug-likeness (QED) is 0.365. The van der Waals surface area contributed by atoms with Gasteiger partial charge in [-0.2, -0.15) is 0 Å². The third-order valence-corrected chi connectivity index (χ3v) is 7.72. The molecule has 0 radical (unpaired) electrons. The Morgan fingerprint density at radius 2 is 1.69 bits per heavy atom. The van der Waals surface area contributed by atoms with Crippen molar-refractivity contribution >= 4 is 50.7 Å². The molecule has 1 N–H and O–H groups in total. The highest BCUT2D eigenvalue weighted by atomic mass is 35.5. The zero-order chi connectivity index (χ0) is 26.9.